The monoisotopic (exact) mass is 413 g/mol. The van der Waals surface area contributed by atoms with E-state index in [4.69, 9.17) is 5.73 Å². The van der Waals surface area contributed by atoms with Crippen LogP contribution in [0.4, 0.5) is 13.2 Å². The second-order valence-corrected chi connectivity index (χ2v) is 8.14. The molecular weight excluding hydrogens is 399 g/mol. The molecule has 0 atom stereocenters. The van der Waals surface area contributed by atoms with Gasteiger partial charge in [0.25, 0.3) is 0 Å². The number of amides is 1. The number of rotatable bonds is 4. The molecule has 28 heavy (non-hydrogen) atoms. The molecule has 3 aromatic rings. The van der Waals surface area contributed by atoms with Gasteiger partial charge in [-0.1, -0.05) is 6.92 Å². The fourth-order valence-electron chi connectivity index (χ4n) is 2.60. The van der Waals surface area contributed by atoms with Crippen molar-refractivity contribution in [2.75, 3.05) is 5.75 Å². The molecule has 0 unspecified atom stereocenters. The highest BCUT2D eigenvalue weighted by molar-refractivity contribution is 7.91. The molecule has 0 aliphatic heterocycles. The van der Waals surface area contributed by atoms with Crippen molar-refractivity contribution >= 4 is 26.8 Å². The number of hydrogen-bond acceptors (Lipinski definition) is 6. The van der Waals surface area contributed by atoms with E-state index < -0.39 is 27.6 Å². The van der Waals surface area contributed by atoms with E-state index in [-0.39, 0.29) is 38.8 Å². The fourth-order valence-corrected chi connectivity index (χ4v) is 3.65. The van der Waals surface area contributed by atoms with Gasteiger partial charge in [-0.15, -0.1) is 0 Å². The number of pyridine rings is 2. The topological polar surface area (TPSA) is 121 Å². The van der Waals surface area contributed by atoms with Crippen LogP contribution >= 0.6 is 0 Å². The van der Waals surface area contributed by atoms with Crippen molar-refractivity contribution in [2.45, 2.75) is 18.0 Å². The first-order chi connectivity index (χ1) is 13.0. The van der Waals surface area contributed by atoms with Crippen molar-refractivity contribution < 1.29 is 26.4 Å². The third kappa shape index (κ3) is 3.30. The largest absolute Gasteiger partial charge is 0.433 e. The van der Waals surface area contributed by atoms with E-state index in [1.54, 1.807) is 0 Å². The summed E-state index contributed by atoms with van der Waals surface area (Å²) in [5.41, 5.74) is 4.09. The molecule has 8 nitrogen and oxygen atoms in total. The number of aryl methyl sites for hydroxylation is 1. The second-order valence-electron chi connectivity index (χ2n) is 5.89. The zero-order valence-corrected chi connectivity index (χ0v) is 15.5. The highest BCUT2D eigenvalue weighted by Crippen LogP contribution is 2.32. The number of fused-ring (bicyclic) bond motifs is 1. The lowest BCUT2D eigenvalue weighted by Gasteiger charge is -2.10. The van der Waals surface area contributed by atoms with E-state index in [9.17, 15) is 26.4 Å². The Morgan fingerprint density at radius 2 is 1.89 bits per heavy atom. The summed E-state index contributed by atoms with van der Waals surface area (Å²) in [5.74, 6) is -1.14. The molecule has 1 amide bonds. The number of alkyl halides is 3. The Balaban J connectivity index is 2.30. The molecule has 3 aromatic heterocycles. The SMILES string of the molecule is CCS(=O)(=O)c1cc(C(N)=O)cnc1-c1nc2cc(C(F)(F)F)ncc2n1C. The molecule has 3 rings (SSSR count). The fraction of sp³-hybridized carbons (Fsp3) is 0.250. The predicted octanol–water partition coefficient (Wildman–Crippen LogP) is 1.94. The number of halogens is 3. The standard InChI is InChI=1S/C16H14F3N5O3S/c1-3-28(26,27)11-4-8(14(20)25)6-22-13(11)15-23-9-5-12(16(17,18)19)21-7-10(9)24(15)2/h4-7H,3H2,1-2H3,(H2,20,25). The van der Waals surface area contributed by atoms with E-state index >= 15 is 0 Å². The molecule has 3 heterocycles. The summed E-state index contributed by atoms with van der Waals surface area (Å²) < 4.78 is 65.1. The first-order valence-corrected chi connectivity index (χ1v) is 9.53. The number of hydrogen-bond donors (Lipinski definition) is 1. The van der Waals surface area contributed by atoms with Gasteiger partial charge in [0.1, 0.15) is 11.4 Å². The molecule has 0 bridgehead atoms. The minimum atomic E-state index is -4.65. The summed E-state index contributed by atoms with van der Waals surface area (Å²) in [7, 11) is -2.35. The minimum Gasteiger partial charge on any atom is -0.366 e. The molecular formula is C16H14F3N5O3S. The van der Waals surface area contributed by atoms with Crippen LogP contribution < -0.4 is 5.73 Å². The summed E-state index contributed by atoms with van der Waals surface area (Å²) in [6, 6.07) is 1.85. The Bertz CT molecular complexity index is 1200. The Hall–Kier alpha value is -3.02. The number of aromatic nitrogens is 4. The zero-order valence-electron chi connectivity index (χ0n) is 14.6. The van der Waals surface area contributed by atoms with E-state index in [2.05, 4.69) is 15.0 Å². The van der Waals surface area contributed by atoms with Crippen LogP contribution in [0.2, 0.25) is 0 Å². The highest BCUT2D eigenvalue weighted by Gasteiger charge is 2.33. The molecule has 0 fully saturated rings. The van der Waals surface area contributed by atoms with E-state index in [0.29, 0.717) is 0 Å². The van der Waals surface area contributed by atoms with Crippen LogP contribution in [0.3, 0.4) is 0 Å². The highest BCUT2D eigenvalue weighted by atomic mass is 32.2. The Kier molecular flexibility index (Phi) is 4.61. The van der Waals surface area contributed by atoms with E-state index in [1.807, 2.05) is 0 Å². The summed E-state index contributed by atoms with van der Waals surface area (Å²) in [6.45, 7) is 1.41. The maximum atomic E-state index is 12.9. The third-order valence-corrected chi connectivity index (χ3v) is 5.86. The minimum absolute atomic E-state index is 0.0131. The van der Waals surface area contributed by atoms with Crippen LogP contribution in [0.5, 0.6) is 0 Å². The maximum absolute atomic E-state index is 12.9. The molecule has 0 aromatic carbocycles. The van der Waals surface area contributed by atoms with Crippen molar-refractivity contribution in [3.8, 4) is 11.5 Å². The van der Waals surface area contributed by atoms with Crippen LogP contribution in [0, 0.1) is 0 Å². The quantitative estimate of drug-likeness (QED) is 0.698. The number of sulfone groups is 1. The van der Waals surface area contributed by atoms with Crippen LogP contribution in [-0.4, -0.2) is 39.6 Å². The summed E-state index contributed by atoms with van der Waals surface area (Å²) >= 11 is 0. The summed E-state index contributed by atoms with van der Waals surface area (Å²) in [4.78, 5) is 22.6. The lowest BCUT2D eigenvalue weighted by Crippen LogP contribution is -2.15. The number of primary amides is 1. The van der Waals surface area contributed by atoms with Crippen molar-refractivity contribution in [3.05, 3.63) is 35.8 Å². The van der Waals surface area contributed by atoms with Gasteiger partial charge in [-0.05, 0) is 12.1 Å². The average Bonchev–Trinajstić information content (AvgIpc) is 2.96. The summed E-state index contributed by atoms with van der Waals surface area (Å²) in [6.07, 6.45) is -2.56. The Morgan fingerprint density at radius 1 is 1.21 bits per heavy atom. The number of imidazole rings is 1. The zero-order chi connectivity index (χ0) is 20.9. The van der Waals surface area contributed by atoms with Gasteiger partial charge in [-0.3, -0.25) is 9.78 Å². The van der Waals surface area contributed by atoms with E-state index in [0.717, 1.165) is 24.5 Å². The van der Waals surface area contributed by atoms with Crippen LogP contribution in [0.1, 0.15) is 23.0 Å². The van der Waals surface area contributed by atoms with Crippen molar-refractivity contribution in [2.24, 2.45) is 12.8 Å². The smallest absolute Gasteiger partial charge is 0.366 e. The summed E-state index contributed by atoms with van der Waals surface area (Å²) in [5, 5.41) is 0. The molecule has 0 aliphatic rings. The molecule has 0 saturated carbocycles. The lowest BCUT2D eigenvalue weighted by molar-refractivity contribution is -0.141. The number of carbonyl (C=O) groups is 1. The third-order valence-electron chi connectivity index (χ3n) is 4.12. The first kappa shape index (κ1) is 19.7. The van der Waals surface area contributed by atoms with Crippen molar-refractivity contribution in [1.29, 1.82) is 0 Å². The van der Waals surface area contributed by atoms with Gasteiger partial charge < -0.3 is 10.3 Å². The molecule has 0 aliphatic carbocycles. The van der Waals surface area contributed by atoms with Gasteiger partial charge in [0, 0.05) is 13.2 Å². The van der Waals surface area contributed by atoms with Crippen LogP contribution in [-0.2, 0) is 23.1 Å². The van der Waals surface area contributed by atoms with Crippen molar-refractivity contribution in [3.63, 3.8) is 0 Å². The molecule has 148 valence electrons. The average molecular weight is 413 g/mol. The Labute approximate surface area is 157 Å². The Morgan fingerprint density at radius 3 is 2.46 bits per heavy atom. The van der Waals surface area contributed by atoms with Crippen molar-refractivity contribution in [1.82, 2.24) is 19.5 Å². The van der Waals surface area contributed by atoms with E-state index in [1.165, 1.54) is 18.5 Å². The molecule has 12 heteroatoms. The lowest BCUT2D eigenvalue weighted by atomic mass is 10.2. The number of nitrogens with zero attached hydrogens (tertiary/aromatic N) is 4. The first-order valence-electron chi connectivity index (χ1n) is 7.88. The molecule has 0 spiro atoms. The molecule has 2 N–H and O–H groups in total. The van der Waals surface area contributed by atoms with Gasteiger partial charge in [-0.2, -0.15) is 13.2 Å². The van der Waals surface area contributed by atoms with Crippen LogP contribution in [0.25, 0.3) is 22.6 Å². The normalized spacial score (nSPS) is 12.5. The predicted molar refractivity (Wildman–Crippen MR) is 93.0 cm³/mol. The number of nitrogens with two attached hydrogens (primary N) is 1. The van der Waals surface area contributed by atoms with Crippen LogP contribution in [0.15, 0.2) is 29.4 Å². The molecule has 0 saturated heterocycles. The maximum Gasteiger partial charge on any atom is 0.433 e. The van der Waals surface area contributed by atoms with Gasteiger partial charge >= 0.3 is 6.18 Å². The second kappa shape index (κ2) is 6.55. The van der Waals surface area contributed by atoms with Gasteiger partial charge in [0.05, 0.1) is 33.4 Å². The number of carbonyl (C=O) groups excluding carboxylic acids is 1. The van der Waals surface area contributed by atoms with Gasteiger partial charge in [0.2, 0.25) is 5.91 Å². The van der Waals surface area contributed by atoms with Gasteiger partial charge in [0.15, 0.2) is 15.7 Å². The molecule has 0 radical (unpaired) electrons. The van der Waals surface area contributed by atoms with Gasteiger partial charge in [-0.25, -0.2) is 18.4 Å².